The molecule has 0 radical (unpaired) electrons. The van der Waals surface area contributed by atoms with Crippen LogP contribution in [0.4, 0.5) is 0 Å². The molecule has 2 aromatic rings. The monoisotopic (exact) mass is 357 g/mol. The Bertz CT molecular complexity index is 800. The van der Waals surface area contributed by atoms with Gasteiger partial charge < -0.3 is 14.6 Å². The number of nitrogens with zero attached hydrogens (tertiary/aromatic N) is 4. The molecule has 0 aliphatic carbocycles. The maximum absolute atomic E-state index is 12.7. The number of likely N-dealkylation sites (tertiary alicyclic amines) is 1. The van der Waals surface area contributed by atoms with Gasteiger partial charge in [-0.2, -0.15) is 0 Å². The molecule has 8 nitrogen and oxygen atoms in total. The van der Waals surface area contributed by atoms with Crippen LogP contribution < -0.4 is 5.32 Å². The summed E-state index contributed by atoms with van der Waals surface area (Å²) in [4.78, 5) is 39.1. The van der Waals surface area contributed by atoms with Crippen molar-refractivity contribution < 1.29 is 14.0 Å². The van der Waals surface area contributed by atoms with Crippen molar-refractivity contribution in [2.75, 3.05) is 13.1 Å². The first-order valence-corrected chi connectivity index (χ1v) is 8.77. The summed E-state index contributed by atoms with van der Waals surface area (Å²) >= 11 is 0. The minimum absolute atomic E-state index is 0.000891. The third kappa shape index (κ3) is 4.07. The van der Waals surface area contributed by atoms with E-state index in [9.17, 15) is 9.59 Å². The van der Waals surface area contributed by atoms with Crippen molar-refractivity contribution in [3.63, 3.8) is 0 Å². The van der Waals surface area contributed by atoms with Crippen LogP contribution in [0.5, 0.6) is 0 Å². The highest BCUT2D eigenvalue weighted by atomic mass is 16.4. The molecule has 0 bridgehead atoms. The lowest BCUT2D eigenvalue weighted by Gasteiger charge is -2.20. The molecule has 26 heavy (non-hydrogen) atoms. The number of aromatic nitrogens is 3. The maximum atomic E-state index is 12.7. The molecule has 1 aliphatic heterocycles. The van der Waals surface area contributed by atoms with E-state index in [4.69, 9.17) is 4.42 Å². The second-order valence-corrected chi connectivity index (χ2v) is 6.58. The number of carbonyl (C=O) groups excluding carboxylic acids is 2. The largest absolute Gasteiger partial charge is 0.436 e. The van der Waals surface area contributed by atoms with Gasteiger partial charge >= 0.3 is 0 Å². The zero-order chi connectivity index (χ0) is 18.7. The minimum atomic E-state index is -0.232. The molecule has 1 atom stereocenters. The number of oxazole rings is 1. The van der Waals surface area contributed by atoms with Gasteiger partial charge in [-0.1, -0.05) is 0 Å². The number of nitrogens with one attached hydrogen (secondary N) is 1. The quantitative estimate of drug-likeness (QED) is 0.899. The molecular weight excluding hydrogens is 334 g/mol. The first-order chi connectivity index (χ1) is 12.4. The van der Waals surface area contributed by atoms with Gasteiger partial charge in [-0.3, -0.25) is 14.6 Å². The molecule has 2 amide bonds. The van der Waals surface area contributed by atoms with Crippen LogP contribution in [0.25, 0.3) is 0 Å². The van der Waals surface area contributed by atoms with Gasteiger partial charge in [0.2, 0.25) is 5.76 Å². The minimum Gasteiger partial charge on any atom is -0.436 e. The lowest BCUT2D eigenvalue weighted by Crippen LogP contribution is -2.37. The first-order valence-electron chi connectivity index (χ1n) is 8.77. The lowest BCUT2D eigenvalue weighted by atomic mass is 10.1. The average Bonchev–Trinajstić information content (AvgIpc) is 2.81. The van der Waals surface area contributed by atoms with Gasteiger partial charge in [0.15, 0.2) is 5.89 Å². The van der Waals surface area contributed by atoms with Crippen molar-refractivity contribution in [1.29, 1.82) is 0 Å². The van der Waals surface area contributed by atoms with Crippen LogP contribution in [-0.4, -0.2) is 50.8 Å². The summed E-state index contributed by atoms with van der Waals surface area (Å²) in [6.45, 7) is 6.51. The van der Waals surface area contributed by atoms with E-state index >= 15 is 0 Å². The van der Waals surface area contributed by atoms with E-state index in [0.29, 0.717) is 42.5 Å². The van der Waals surface area contributed by atoms with E-state index in [0.717, 1.165) is 18.5 Å². The molecule has 2 aromatic heterocycles. The number of rotatable bonds is 3. The summed E-state index contributed by atoms with van der Waals surface area (Å²) in [5.41, 5.74) is 1.68. The van der Waals surface area contributed by atoms with Crippen LogP contribution >= 0.6 is 0 Å². The van der Waals surface area contributed by atoms with Crippen LogP contribution in [0.3, 0.4) is 0 Å². The summed E-state index contributed by atoms with van der Waals surface area (Å²) in [6.07, 6.45) is 5.35. The van der Waals surface area contributed by atoms with Crippen LogP contribution in [0.2, 0.25) is 0 Å². The van der Waals surface area contributed by atoms with Crippen molar-refractivity contribution in [2.45, 2.75) is 46.1 Å². The predicted molar refractivity (Wildman–Crippen MR) is 93.8 cm³/mol. The van der Waals surface area contributed by atoms with Gasteiger partial charge in [-0.05, 0) is 33.1 Å². The van der Waals surface area contributed by atoms with E-state index in [2.05, 4.69) is 20.3 Å². The molecule has 8 heteroatoms. The number of hydrogen-bond acceptors (Lipinski definition) is 6. The van der Waals surface area contributed by atoms with Crippen molar-refractivity contribution >= 4 is 11.8 Å². The second-order valence-electron chi connectivity index (χ2n) is 6.58. The first kappa shape index (κ1) is 18.0. The Morgan fingerprint density at radius 3 is 2.62 bits per heavy atom. The Labute approximate surface area is 152 Å². The molecule has 1 aliphatic rings. The van der Waals surface area contributed by atoms with Gasteiger partial charge in [0.25, 0.3) is 11.8 Å². The maximum Gasteiger partial charge on any atom is 0.291 e. The van der Waals surface area contributed by atoms with E-state index in [1.165, 1.54) is 6.20 Å². The highest BCUT2D eigenvalue weighted by Gasteiger charge is 2.26. The fourth-order valence-electron chi connectivity index (χ4n) is 3.09. The Morgan fingerprint density at radius 2 is 1.96 bits per heavy atom. The van der Waals surface area contributed by atoms with Crippen LogP contribution in [0, 0.1) is 20.8 Å². The third-order valence-electron chi connectivity index (χ3n) is 4.46. The number of aryl methyl sites for hydroxylation is 3. The predicted octanol–water partition coefficient (Wildman–Crippen LogP) is 1.81. The van der Waals surface area contributed by atoms with Gasteiger partial charge in [-0.15, -0.1) is 0 Å². The topological polar surface area (TPSA) is 101 Å². The molecular formula is C18H23N5O3. The fourth-order valence-corrected chi connectivity index (χ4v) is 3.09. The summed E-state index contributed by atoms with van der Waals surface area (Å²) in [5.74, 6) is 0.424. The normalized spacial score (nSPS) is 17.7. The van der Waals surface area contributed by atoms with Crippen molar-refractivity contribution in [3.8, 4) is 0 Å². The molecule has 1 saturated heterocycles. The summed E-state index contributed by atoms with van der Waals surface area (Å²) in [5, 5.41) is 2.99. The lowest BCUT2D eigenvalue weighted by molar-refractivity contribution is 0.0726. The van der Waals surface area contributed by atoms with Crippen LogP contribution in [-0.2, 0) is 0 Å². The molecule has 3 rings (SSSR count). The van der Waals surface area contributed by atoms with Crippen molar-refractivity contribution in [1.82, 2.24) is 25.2 Å². The molecule has 1 unspecified atom stereocenters. The smallest absolute Gasteiger partial charge is 0.291 e. The van der Waals surface area contributed by atoms with Crippen LogP contribution in [0.15, 0.2) is 16.8 Å². The van der Waals surface area contributed by atoms with Gasteiger partial charge in [0.1, 0.15) is 5.69 Å². The highest BCUT2D eigenvalue weighted by molar-refractivity contribution is 5.93. The van der Waals surface area contributed by atoms with E-state index in [-0.39, 0.29) is 17.9 Å². The van der Waals surface area contributed by atoms with Gasteiger partial charge in [0, 0.05) is 32.3 Å². The fraction of sp³-hybridized carbons (Fsp3) is 0.500. The number of amides is 2. The molecule has 0 saturated carbocycles. The Balaban J connectivity index is 1.59. The summed E-state index contributed by atoms with van der Waals surface area (Å²) < 4.78 is 5.44. The molecule has 1 fully saturated rings. The van der Waals surface area contributed by atoms with E-state index in [1.807, 2.05) is 6.92 Å². The SMILES string of the molecule is Cc1cnc(C(=O)NC2CCCN(C(=O)c3oc(C)nc3C)CC2)cn1. The van der Waals surface area contributed by atoms with E-state index < -0.39 is 0 Å². The summed E-state index contributed by atoms with van der Waals surface area (Å²) in [7, 11) is 0. The summed E-state index contributed by atoms with van der Waals surface area (Å²) in [6, 6.07) is 0.000891. The Hall–Kier alpha value is -2.77. The molecule has 3 heterocycles. The number of hydrogen-bond donors (Lipinski definition) is 1. The number of carbonyl (C=O) groups is 2. The second kappa shape index (κ2) is 7.63. The van der Waals surface area contributed by atoms with Crippen molar-refractivity contribution in [3.05, 3.63) is 41.1 Å². The van der Waals surface area contributed by atoms with Gasteiger partial charge in [0.05, 0.1) is 17.6 Å². The highest BCUT2D eigenvalue weighted by Crippen LogP contribution is 2.17. The third-order valence-corrected chi connectivity index (χ3v) is 4.46. The van der Waals surface area contributed by atoms with Crippen molar-refractivity contribution in [2.24, 2.45) is 0 Å². The van der Waals surface area contributed by atoms with E-state index in [1.54, 1.807) is 24.9 Å². The molecule has 138 valence electrons. The average molecular weight is 357 g/mol. The zero-order valence-electron chi connectivity index (χ0n) is 15.3. The van der Waals surface area contributed by atoms with Gasteiger partial charge in [-0.25, -0.2) is 9.97 Å². The Morgan fingerprint density at radius 1 is 1.15 bits per heavy atom. The molecule has 0 spiro atoms. The van der Waals surface area contributed by atoms with Crippen LogP contribution in [0.1, 0.15) is 57.6 Å². The molecule has 0 aromatic carbocycles. The molecule has 1 N–H and O–H groups in total. The standard InChI is InChI=1S/C18H23N5O3/c1-11-9-20-15(10-19-11)17(24)22-14-5-4-7-23(8-6-14)18(25)16-12(2)21-13(3)26-16/h9-10,14H,4-8H2,1-3H3,(H,22,24). The zero-order valence-corrected chi connectivity index (χ0v) is 15.3. The Kier molecular flexibility index (Phi) is 5.29.